The van der Waals surface area contributed by atoms with E-state index in [1.54, 1.807) is 0 Å². The van der Waals surface area contributed by atoms with E-state index in [-0.39, 0.29) is 12.4 Å². The number of para-hydroxylation sites is 1. The number of aromatic nitrogens is 1. The second kappa shape index (κ2) is 6.86. The lowest BCUT2D eigenvalue weighted by molar-refractivity contribution is 0.103. The molecule has 0 saturated heterocycles. The number of fused-ring (bicyclic) bond motifs is 1. The molecule has 0 saturated carbocycles. The number of hydrogen-bond acceptors (Lipinski definition) is 2. The molecule has 134 valence electrons. The van der Waals surface area contributed by atoms with Gasteiger partial charge in [0.2, 0.25) is 0 Å². The SMILES string of the molecule is Cc1ccc(C(=O)c2c(C)n(-c3ccc(CO)cc3)c3ccccc23)cc1. The molecule has 27 heavy (non-hydrogen) atoms. The summed E-state index contributed by atoms with van der Waals surface area (Å²) in [7, 11) is 0. The molecule has 1 N–H and O–H groups in total. The van der Waals surface area contributed by atoms with E-state index in [2.05, 4.69) is 4.57 Å². The van der Waals surface area contributed by atoms with Crippen molar-refractivity contribution in [1.82, 2.24) is 4.57 Å². The van der Waals surface area contributed by atoms with Crippen molar-refractivity contribution in [1.29, 1.82) is 0 Å². The summed E-state index contributed by atoms with van der Waals surface area (Å²) in [6, 6.07) is 23.5. The molecule has 0 amide bonds. The van der Waals surface area contributed by atoms with Crippen LogP contribution in [0.4, 0.5) is 0 Å². The Morgan fingerprint density at radius 1 is 0.889 bits per heavy atom. The van der Waals surface area contributed by atoms with Gasteiger partial charge < -0.3 is 9.67 Å². The van der Waals surface area contributed by atoms with Gasteiger partial charge in [0.25, 0.3) is 0 Å². The highest BCUT2D eigenvalue weighted by Gasteiger charge is 2.21. The summed E-state index contributed by atoms with van der Waals surface area (Å²) in [6.45, 7) is 4.02. The van der Waals surface area contributed by atoms with Crippen molar-refractivity contribution in [2.45, 2.75) is 20.5 Å². The number of aliphatic hydroxyl groups is 1. The van der Waals surface area contributed by atoms with Crippen molar-refractivity contribution in [3.8, 4) is 5.69 Å². The smallest absolute Gasteiger partial charge is 0.195 e. The number of aliphatic hydroxyl groups excluding tert-OH is 1. The van der Waals surface area contributed by atoms with E-state index in [1.807, 2.05) is 86.6 Å². The molecule has 0 aliphatic carbocycles. The van der Waals surface area contributed by atoms with Crippen LogP contribution >= 0.6 is 0 Å². The molecular weight excluding hydrogens is 334 g/mol. The van der Waals surface area contributed by atoms with Crippen molar-refractivity contribution in [2.24, 2.45) is 0 Å². The molecule has 0 spiro atoms. The first kappa shape index (κ1) is 17.3. The summed E-state index contributed by atoms with van der Waals surface area (Å²) in [5.41, 5.74) is 6.33. The van der Waals surface area contributed by atoms with E-state index in [4.69, 9.17) is 0 Å². The van der Waals surface area contributed by atoms with Gasteiger partial charge >= 0.3 is 0 Å². The van der Waals surface area contributed by atoms with Crippen molar-refractivity contribution in [3.63, 3.8) is 0 Å². The Bertz CT molecular complexity index is 1120. The third kappa shape index (κ3) is 2.96. The highest BCUT2D eigenvalue weighted by molar-refractivity contribution is 6.17. The monoisotopic (exact) mass is 355 g/mol. The van der Waals surface area contributed by atoms with Gasteiger partial charge in [0.15, 0.2) is 5.78 Å². The molecule has 0 aliphatic rings. The van der Waals surface area contributed by atoms with Gasteiger partial charge in [0.05, 0.1) is 17.7 Å². The molecule has 3 nitrogen and oxygen atoms in total. The van der Waals surface area contributed by atoms with Crippen LogP contribution in [0.25, 0.3) is 16.6 Å². The third-order valence-electron chi connectivity index (χ3n) is 5.03. The average Bonchev–Trinajstić information content (AvgIpc) is 3.00. The van der Waals surface area contributed by atoms with Crippen LogP contribution in [-0.4, -0.2) is 15.5 Å². The van der Waals surface area contributed by atoms with Crippen LogP contribution < -0.4 is 0 Å². The Balaban J connectivity index is 1.93. The van der Waals surface area contributed by atoms with Crippen molar-refractivity contribution in [3.05, 3.63) is 101 Å². The largest absolute Gasteiger partial charge is 0.392 e. The van der Waals surface area contributed by atoms with Crippen LogP contribution in [0.1, 0.15) is 32.7 Å². The second-order valence-corrected chi connectivity index (χ2v) is 6.83. The molecule has 0 atom stereocenters. The Morgan fingerprint density at radius 3 is 2.22 bits per heavy atom. The normalized spacial score (nSPS) is 11.1. The minimum Gasteiger partial charge on any atom is -0.392 e. The van der Waals surface area contributed by atoms with Gasteiger partial charge in [-0.25, -0.2) is 0 Å². The van der Waals surface area contributed by atoms with E-state index < -0.39 is 0 Å². The Hall–Kier alpha value is -3.17. The number of aryl methyl sites for hydroxylation is 1. The number of carbonyl (C=O) groups is 1. The van der Waals surface area contributed by atoms with E-state index in [0.717, 1.165) is 39.0 Å². The highest BCUT2D eigenvalue weighted by atomic mass is 16.3. The molecule has 1 aromatic heterocycles. The second-order valence-electron chi connectivity index (χ2n) is 6.83. The highest BCUT2D eigenvalue weighted by Crippen LogP contribution is 2.31. The minimum absolute atomic E-state index is 0.0167. The molecule has 0 aliphatic heterocycles. The summed E-state index contributed by atoms with van der Waals surface area (Å²) >= 11 is 0. The lowest BCUT2D eigenvalue weighted by Gasteiger charge is -2.09. The van der Waals surface area contributed by atoms with Gasteiger partial charge in [0, 0.05) is 22.3 Å². The fourth-order valence-electron chi connectivity index (χ4n) is 3.59. The lowest BCUT2D eigenvalue weighted by atomic mass is 10.00. The zero-order valence-electron chi connectivity index (χ0n) is 15.4. The number of ketones is 1. The summed E-state index contributed by atoms with van der Waals surface area (Å²) in [5.74, 6) is 0.0365. The predicted octanol–water partition coefficient (Wildman–Crippen LogP) is 4.97. The zero-order chi connectivity index (χ0) is 19.0. The van der Waals surface area contributed by atoms with Crippen LogP contribution in [0.15, 0.2) is 72.8 Å². The van der Waals surface area contributed by atoms with Gasteiger partial charge in [0.1, 0.15) is 0 Å². The Morgan fingerprint density at radius 2 is 1.56 bits per heavy atom. The molecule has 4 aromatic rings. The molecule has 0 bridgehead atoms. The van der Waals surface area contributed by atoms with Gasteiger partial charge in [-0.05, 0) is 37.6 Å². The number of nitrogens with zero attached hydrogens (tertiary/aromatic N) is 1. The van der Waals surface area contributed by atoms with Crippen molar-refractivity contribution in [2.75, 3.05) is 0 Å². The Kier molecular flexibility index (Phi) is 4.38. The minimum atomic E-state index is 0.0167. The molecule has 3 heteroatoms. The van der Waals surface area contributed by atoms with Crippen molar-refractivity contribution < 1.29 is 9.90 Å². The Labute approximate surface area is 158 Å². The fourth-order valence-corrected chi connectivity index (χ4v) is 3.59. The summed E-state index contributed by atoms with van der Waals surface area (Å²) in [4.78, 5) is 13.3. The van der Waals surface area contributed by atoms with Crippen LogP contribution in [0.3, 0.4) is 0 Å². The molecule has 0 unspecified atom stereocenters. The first-order valence-electron chi connectivity index (χ1n) is 9.01. The maximum atomic E-state index is 13.3. The summed E-state index contributed by atoms with van der Waals surface area (Å²) < 4.78 is 2.11. The van der Waals surface area contributed by atoms with Gasteiger partial charge in [-0.2, -0.15) is 0 Å². The van der Waals surface area contributed by atoms with Gasteiger partial charge in [-0.1, -0.05) is 60.2 Å². The van der Waals surface area contributed by atoms with Crippen LogP contribution in [0, 0.1) is 13.8 Å². The van der Waals surface area contributed by atoms with Crippen LogP contribution in [0.5, 0.6) is 0 Å². The average molecular weight is 355 g/mol. The number of carbonyl (C=O) groups excluding carboxylic acids is 1. The van der Waals surface area contributed by atoms with Gasteiger partial charge in [-0.15, -0.1) is 0 Å². The fraction of sp³-hybridized carbons (Fsp3) is 0.125. The molecule has 1 heterocycles. The number of benzene rings is 3. The summed E-state index contributed by atoms with van der Waals surface area (Å²) in [5, 5.41) is 10.2. The number of hydrogen-bond donors (Lipinski definition) is 1. The molecule has 4 rings (SSSR count). The van der Waals surface area contributed by atoms with Crippen molar-refractivity contribution >= 4 is 16.7 Å². The quantitative estimate of drug-likeness (QED) is 0.525. The first-order chi connectivity index (χ1) is 13.1. The third-order valence-corrected chi connectivity index (χ3v) is 5.03. The van der Waals surface area contributed by atoms with Crippen LogP contribution in [0.2, 0.25) is 0 Å². The molecule has 3 aromatic carbocycles. The van der Waals surface area contributed by atoms with E-state index in [0.29, 0.717) is 5.56 Å². The maximum absolute atomic E-state index is 13.3. The topological polar surface area (TPSA) is 42.2 Å². The predicted molar refractivity (Wildman–Crippen MR) is 109 cm³/mol. The molecule has 0 radical (unpaired) electrons. The van der Waals surface area contributed by atoms with E-state index in [1.165, 1.54) is 0 Å². The maximum Gasteiger partial charge on any atom is 0.195 e. The van der Waals surface area contributed by atoms with E-state index >= 15 is 0 Å². The standard InChI is InChI=1S/C24H21NO2/c1-16-7-11-19(12-8-16)24(27)23-17(2)25(22-6-4-3-5-21(22)23)20-13-9-18(15-26)10-14-20/h3-14,26H,15H2,1-2H3. The number of rotatable bonds is 4. The first-order valence-corrected chi connectivity index (χ1v) is 9.01. The van der Waals surface area contributed by atoms with Gasteiger partial charge in [-0.3, -0.25) is 4.79 Å². The zero-order valence-corrected chi connectivity index (χ0v) is 15.4. The van der Waals surface area contributed by atoms with Crippen LogP contribution in [-0.2, 0) is 6.61 Å². The molecular formula is C24H21NO2. The molecule has 0 fully saturated rings. The van der Waals surface area contributed by atoms with E-state index in [9.17, 15) is 9.90 Å². The lowest BCUT2D eigenvalue weighted by Crippen LogP contribution is -2.04. The summed E-state index contributed by atoms with van der Waals surface area (Å²) in [6.07, 6.45) is 0.